The molecule has 1 N–H and O–H groups in total. The van der Waals surface area contributed by atoms with Crippen molar-refractivity contribution in [3.63, 3.8) is 0 Å². The molecule has 23 heavy (non-hydrogen) atoms. The van der Waals surface area contributed by atoms with E-state index in [1.54, 1.807) is 10.9 Å². The van der Waals surface area contributed by atoms with Gasteiger partial charge in [0.15, 0.2) is 0 Å². The summed E-state index contributed by atoms with van der Waals surface area (Å²) >= 11 is 0. The Kier molecular flexibility index (Phi) is 3.91. The topological polar surface area (TPSA) is 67.6 Å². The van der Waals surface area contributed by atoms with Gasteiger partial charge in [-0.15, -0.1) is 0 Å². The molecule has 1 aromatic heterocycles. The molecule has 0 spiro atoms. The average molecular weight is 321 g/mol. The molecule has 1 amide bonds. The van der Waals surface area contributed by atoms with Crippen molar-refractivity contribution >= 4 is 6.09 Å². The maximum atomic E-state index is 12.6. The summed E-state index contributed by atoms with van der Waals surface area (Å²) in [7, 11) is 1.85. The van der Waals surface area contributed by atoms with Crippen LogP contribution in [0.2, 0.25) is 0 Å². The maximum absolute atomic E-state index is 12.6. The Morgan fingerprint density at radius 1 is 1.35 bits per heavy atom. The Labute approximate surface area is 137 Å². The van der Waals surface area contributed by atoms with Gasteiger partial charge in [0.2, 0.25) is 0 Å². The van der Waals surface area contributed by atoms with Gasteiger partial charge in [0.1, 0.15) is 5.60 Å². The summed E-state index contributed by atoms with van der Waals surface area (Å²) in [6.45, 7) is 5.66. The monoisotopic (exact) mass is 321 g/mol. The summed E-state index contributed by atoms with van der Waals surface area (Å²) in [4.78, 5) is 14.5. The van der Waals surface area contributed by atoms with Crippen molar-refractivity contribution in [2.24, 2.45) is 7.05 Å². The molecule has 0 aliphatic carbocycles. The number of hydrogen-bond donors (Lipinski definition) is 1. The third-order valence-electron chi connectivity index (χ3n) is 4.85. The molecule has 2 saturated heterocycles. The van der Waals surface area contributed by atoms with E-state index in [0.717, 1.165) is 24.8 Å². The van der Waals surface area contributed by atoms with Gasteiger partial charge < -0.3 is 14.7 Å². The van der Waals surface area contributed by atoms with Gasteiger partial charge in [-0.05, 0) is 40.0 Å². The molecular weight excluding hydrogens is 294 g/mol. The van der Waals surface area contributed by atoms with Gasteiger partial charge in [-0.1, -0.05) is 0 Å². The Bertz CT molecular complexity index is 576. The highest BCUT2D eigenvalue weighted by molar-refractivity contribution is 5.69. The second kappa shape index (κ2) is 5.51. The summed E-state index contributed by atoms with van der Waals surface area (Å²) in [6, 6.07) is 0.0603. The average Bonchev–Trinajstić information content (AvgIpc) is 2.83. The Morgan fingerprint density at radius 2 is 1.96 bits per heavy atom. The Morgan fingerprint density at radius 3 is 2.43 bits per heavy atom. The quantitative estimate of drug-likeness (QED) is 0.863. The van der Waals surface area contributed by atoms with E-state index in [9.17, 15) is 9.90 Å². The number of carbonyl (C=O) groups excluding carboxylic acids is 1. The van der Waals surface area contributed by atoms with E-state index < -0.39 is 11.2 Å². The molecule has 6 heteroatoms. The first-order chi connectivity index (χ1) is 10.7. The zero-order valence-electron chi connectivity index (χ0n) is 14.5. The van der Waals surface area contributed by atoms with Crippen molar-refractivity contribution in [3.05, 3.63) is 18.0 Å². The number of aryl methyl sites for hydroxylation is 1. The molecule has 2 fully saturated rings. The van der Waals surface area contributed by atoms with Crippen LogP contribution in [0.5, 0.6) is 0 Å². The molecule has 2 bridgehead atoms. The summed E-state index contributed by atoms with van der Waals surface area (Å²) in [5.41, 5.74) is -0.550. The first-order valence-electron chi connectivity index (χ1n) is 8.41. The van der Waals surface area contributed by atoms with Crippen LogP contribution >= 0.6 is 0 Å². The van der Waals surface area contributed by atoms with Gasteiger partial charge in [-0.3, -0.25) is 4.68 Å². The minimum absolute atomic E-state index is 0.0301. The van der Waals surface area contributed by atoms with Crippen molar-refractivity contribution in [2.45, 2.75) is 76.2 Å². The zero-order valence-corrected chi connectivity index (χ0v) is 14.5. The lowest BCUT2D eigenvalue weighted by Crippen LogP contribution is -2.59. The Balaban J connectivity index is 1.82. The largest absolute Gasteiger partial charge is 0.444 e. The molecule has 0 aromatic carbocycles. The number of ether oxygens (including phenoxy) is 1. The smallest absolute Gasteiger partial charge is 0.410 e. The molecule has 2 aliphatic heterocycles. The number of nitrogens with zero attached hydrogens (tertiary/aromatic N) is 3. The lowest BCUT2D eigenvalue weighted by atomic mass is 9.73. The van der Waals surface area contributed by atoms with Crippen LogP contribution in [-0.2, 0) is 17.4 Å². The second-order valence-corrected chi connectivity index (χ2v) is 7.97. The van der Waals surface area contributed by atoms with Crippen LogP contribution in [0.1, 0.15) is 58.4 Å². The van der Waals surface area contributed by atoms with Gasteiger partial charge in [0.05, 0.1) is 11.8 Å². The number of rotatable bonds is 1. The fourth-order valence-corrected chi connectivity index (χ4v) is 3.94. The SMILES string of the molecule is Cn1cc(C2(O)CC3CCCC(C2)N3C(=O)OC(C)(C)C)cn1. The number of hydrogen-bond acceptors (Lipinski definition) is 4. The zero-order chi connectivity index (χ0) is 16.8. The normalized spacial score (nSPS) is 31.1. The predicted octanol–water partition coefficient (Wildman–Crippen LogP) is 2.56. The molecule has 3 rings (SSSR count). The maximum Gasteiger partial charge on any atom is 0.410 e. The van der Waals surface area contributed by atoms with Crippen molar-refractivity contribution < 1.29 is 14.6 Å². The van der Waals surface area contributed by atoms with E-state index in [4.69, 9.17) is 4.74 Å². The predicted molar refractivity (Wildman–Crippen MR) is 85.8 cm³/mol. The second-order valence-electron chi connectivity index (χ2n) is 7.97. The summed E-state index contributed by atoms with van der Waals surface area (Å²) in [5.74, 6) is 0. The van der Waals surface area contributed by atoms with Crippen LogP contribution in [0.15, 0.2) is 12.4 Å². The summed E-state index contributed by atoms with van der Waals surface area (Å²) in [6.07, 6.45) is 7.38. The van der Waals surface area contributed by atoms with Crippen molar-refractivity contribution in [3.8, 4) is 0 Å². The number of amides is 1. The van der Waals surface area contributed by atoms with E-state index in [-0.39, 0.29) is 18.2 Å². The highest BCUT2D eigenvalue weighted by Crippen LogP contribution is 2.44. The first-order valence-corrected chi connectivity index (χ1v) is 8.41. The highest BCUT2D eigenvalue weighted by atomic mass is 16.6. The van der Waals surface area contributed by atoms with E-state index in [1.807, 2.05) is 38.9 Å². The molecular formula is C17H27N3O3. The lowest BCUT2D eigenvalue weighted by Gasteiger charge is -2.51. The lowest BCUT2D eigenvalue weighted by molar-refractivity contribution is -0.0965. The number of aliphatic hydroxyl groups is 1. The fraction of sp³-hybridized carbons (Fsp3) is 0.765. The Hall–Kier alpha value is -1.56. The molecule has 0 radical (unpaired) electrons. The van der Waals surface area contributed by atoms with Crippen molar-refractivity contribution in [1.82, 2.24) is 14.7 Å². The van der Waals surface area contributed by atoms with Gasteiger partial charge in [-0.2, -0.15) is 5.10 Å². The number of fused-ring (bicyclic) bond motifs is 2. The number of piperidine rings is 2. The van der Waals surface area contributed by atoms with E-state index in [2.05, 4.69) is 5.10 Å². The minimum atomic E-state index is -0.900. The van der Waals surface area contributed by atoms with Gasteiger partial charge >= 0.3 is 6.09 Å². The van der Waals surface area contributed by atoms with Gasteiger partial charge in [-0.25, -0.2) is 4.79 Å². The van der Waals surface area contributed by atoms with E-state index in [0.29, 0.717) is 12.8 Å². The summed E-state index contributed by atoms with van der Waals surface area (Å²) < 4.78 is 7.29. The third-order valence-corrected chi connectivity index (χ3v) is 4.85. The fourth-order valence-electron chi connectivity index (χ4n) is 3.94. The summed E-state index contributed by atoms with van der Waals surface area (Å²) in [5, 5.41) is 15.3. The minimum Gasteiger partial charge on any atom is -0.444 e. The van der Waals surface area contributed by atoms with Crippen LogP contribution < -0.4 is 0 Å². The molecule has 2 atom stereocenters. The van der Waals surface area contributed by atoms with Crippen LogP contribution in [0.4, 0.5) is 4.79 Å². The van der Waals surface area contributed by atoms with Gasteiger partial charge in [0.25, 0.3) is 0 Å². The standard InChI is InChI=1S/C17H27N3O3/c1-16(2,3)23-15(21)20-13-6-5-7-14(20)9-17(22,8-13)12-10-18-19(4)11-12/h10-11,13-14,22H,5-9H2,1-4H3. The van der Waals surface area contributed by atoms with Crippen LogP contribution in [0, 0.1) is 0 Å². The van der Waals surface area contributed by atoms with Crippen molar-refractivity contribution in [2.75, 3.05) is 0 Å². The molecule has 128 valence electrons. The van der Waals surface area contributed by atoms with Gasteiger partial charge in [0, 0.05) is 43.7 Å². The molecule has 0 saturated carbocycles. The first kappa shape index (κ1) is 16.3. The van der Waals surface area contributed by atoms with Crippen LogP contribution in [-0.4, -0.2) is 43.6 Å². The molecule has 1 aromatic rings. The molecule has 3 heterocycles. The van der Waals surface area contributed by atoms with E-state index >= 15 is 0 Å². The highest BCUT2D eigenvalue weighted by Gasteiger charge is 2.49. The van der Waals surface area contributed by atoms with E-state index in [1.165, 1.54) is 0 Å². The third kappa shape index (κ3) is 3.22. The number of carbonyl (C=O) groups is 1. The number of aromatic nitrogens is 2. The van der Waals surface area contributed by atoms with Crippen LogP contribution in [0.25, 0.3) is 0 Å². The molecule has 2 aliphatic rings. The van der Waals surface area contributed by atoms with Crippen LogP contribution in [0.3, 0.4) is 0 Å². The van der Waals surface area contributed by atoms with Crippen molar-refractivity contribution in [1.29, 1.82) is 0 Å². The molecule has 2 unspecified atom stereocenters. The molecule has 6 nitrogen and oxygen atoms in total.